The van der Waals surface area contributed by atoms with Crippen LogP contribution in [-0.2, 0) is 10.0 Å². The third kappa shape index (κ3) is 2.67. The number of fused-ring (bicyclic) bond motifs is 1. The first kappa shape index (κ1) is 14.9. The Morgan fingerprint density at radius 1 is 1.23 bits per heavy atom. The van der Waals surface area contributed by atoms with Gasteiger partial charge in [0, 0.05) is 5.56 Å². The highest BCUT2D eigenvalue weighted by atomic mass is 32.2. The molecule has 0 aromatic heterocycles. The zero-order valence-corrected chi connectivity index (χ0v) is 13.2. The Bertz CT molecular complexity index is 802. The Morgan fingerprint density at radius 2 is 2.00 bits per heavy atom. The summed E-state index contributed by atoms with van der Waals surface area (Å²) >= 11 is 0. The average Bonchev–Trinajstić information content (AvgIpc) is 2.90. The maximum atomic E-state index is 12.7. The third-order valence-corrected chi connectivity index (χ3v) is 5.10. The van der Waals surface area contributed by atoms with Gasteiger partial charge in [-0.3, -0.25) is 0 Å². The Morgan fingerprint density at radius 3 is 2.77 bits per heavy atom. The molecule has 2 aromatic rings. The Kier molecular flexibility index (Phi) is 3.80. The molecule has 2 aromatic carbocycles. The molecule has 0 bridgehead atoms. The average molecular weight is 319 g/mol. The molecule has 0 saturated carbocycles. The van der Waals surface area contributed by atoms with Crippen LogP contribution >= 0.6 is 0 Å². The molecular weight excluding hydrogens is 302 g/mol. The fourth-order valence-electron chi connectivity index (χ4n) is 2.50. The van der Waals surface area contributed by atoms with E-state index in [1.54, 1.807) is 12.1 Å². The van der Waals surface area contributed by atoms with E-state index in [4.69, 9.17) is 9.47 Å². The molecule has 3 rings (SSSR count). The van der Waals surface area contributed by atoms with E-state index in [2.05, 4.69) is 4.72 Å². The summed E-state index contributed by atoms with van der Waals surface area (Å²) in [5.74, 6) is 1.04. The van der Waals surface area contributed by atoms with E-state index >= 15 is 0 Å². The van der Waals surface area contributed by atoms with E-state index in [9.17, 15) is 8.42 Å². The minimum atomic E-state index is -3.71. The van der Waals surface area contributed by atoms with Crippen LogP contribution in [0.4, 0.5) is 0 Å². The van der Waals surface area contributed by atoms with Gasteiger partial charge in [-0.1, -0.05) is 24.3 Å². The van der Waals surface area contributed by atoms with Crippen LogP contribution < -0.4 is 14.2 Å². The van der Waals surface area contributed by atoms with Crippen molar-refractivity contribution < 1.29 is 17.9 Å². The molecule has 5 nitrogen and oxygen atoms in total. The monoisotopic (exact) mass is 319 g/mol. The molecule has 1 unspecified atom stereocenters. The number of para-hydroxylation sites is 1. The van der Waals surface area contributed by atoms with Gasteiger partial charge in [0.1, 0.15) is 23.0 Å². The minimum Gasteiger partial charge on any atom is -0.495 e. The van der Waals surface area contributed by atoms with E-state index < -0.39 is 16.1 Å². The molecule has 0 aliphatic carbocycles. The number of sulfonamides is 1. The summed E-state index contributed by atoms with van der Waals surface area (Å²) < 4.78 is 38.7. The summed E-state index contributed by atoms with van der Waals surface area (Å²) in [6.45, 7) is 2.12. The number of aryl methyl sites for hydroxylation is 1. The lowest BCUT2D eigenvalue weighted by molar-refractivity contribution is 0.325. The van der Waals surface area contributed by atoms with Gasteiger partial charge in [-0.05, 0) is 30.7 Å². The molecule has 1 heterocycles. The molecule has 1 atom stereocenters. The largest absolute Gasteiger partial charge is 0.495 e. The Balaban J connectivity index is 1.94. The SMILES string of the molecule is COc1ccc(C)cc1S(=O)(=O)NC1COc2ccccc21. The Hall–Kier alpha value is -2.05. The zero-order chi connectivity index (χ0) is 15.7. The van der Waals surface area contributed by atoms with Gasteiger partial charge >= 0.3 is 0 Å². The van der Waals surface area contributed by atoms with Crippen LogP contribution in [0.5, 0.6) is 11.5 Å². The number of rotatable bonds is 4. The lowest BCUT2D eigenvalue weighted by Gasteiger charge is -2.15. The molecule has 116 valence electrons. The smallest absolute Gasteiger partial charge is 0.244 e. The number of ether oxygens (including phenoxy) is 2. The van der Waals surface area contributed by atoms with E-state index in [-0.39, 0.29) is 11.5 Å². The molecule has 0 spiro atoms. The lowest BCUT2D eigenvalue weighted by Crippen LogP contribution is -2.30. The second kappa shape index (κ2) is 5.62. The predicted molar refractivity (Wildman–Crippen MR) is 82.7 cm³/mol. The molecule has 0 radical (unpaired) electrons. The predicted octanol–water partition coefficient (Wildman–Crippen LogP) is 2.42. The van der Waals surface area contributed by atoms with Crippen molar-refractivity contribution in [2.75, 3.05) is 13.7 Å². The van der Waals surface area contributed by atoms with Crippen LogP contribution in [-0.4, -0.2) is 22.1 Å². The highest BCUT2D eigenvalue weighted by Gasteiger charge is 2.30. The topological polar surface area (TPSA) is 64.6 Å². The molecule has 1 aliphatic rings. The van der Waals surface area contributed by atoms with E-state index in [0.29, 0.717) is 11.5 Å². The van der Waals surface area contributed by atoms with Crippen LogP contribution in [0.2, 0.25) is 0 Å². The molecular formula is C16H17NO4S. The van der Waals surface area contributed by atoms with Crippen molar-refractivity contribution in [1.29, 1.82) is 0 Å². The molecule has 0 fully saturated rings. The summed E-state index contributed by atoms with van der Waals surface area (Å²) in [5.41, 5.74) is 1.70. The highest BCUT2D eigenvalue weighted by Crippen LogP contribution is 2.34. The first-order valence-corrected chi connectivity index (χ1v) is 8.38. The van der Waals surface area contributed by atoms with Crippen molar-refractivity contribution in [2.24, 2.45) is 0 Å². The molecule has 0 amide bonds. The van der Waals surface area contributed by atoms with Gasteiger partial charge in [-0.2, -0.15) is 4.72 Å². The highest BCUT2D eigenvalue weighted by molar-refractivity contribution is 7.89. The first-order valence-electron chi connectivity index (χ1n) is 6.90. The first-order chi connectivity index (χ1) is 10.5. The minimum absolute atomic E-state index is 0.138. The van der Waals surface area contributed by atoms with Crippen LogP contribution in [0, 0.1) is 6.92 Å². The van der Waals surface area contributed by atoms with E-state index in [0.717, 1.165) is 11.1 Å². The summed E-state index contributed by atoms with van der Waals surface area (Å²) in [6.07, 6.45) is 0. The van der Waals surface area contributed by atoms with Crippen molar-refractivity contribution in [3.8, 4) is 11.5 Å². The molecule has 1 N–H and O–H groups in total. The van der Waals surface area contributed by atoms with Crippen molar-refractivity contribution in [2.45, 2.75) is 17.9 Å². The van der Waals surface area contributed by atoms with E-state index in [1.807, 2.05) is 37.3 Å². The second-order valence-electron chi connectivity index (χ2n) is 5.18. The van der Waals surface area contributed by atoms with E-state index in [1.165, 1.54) is 7.11 Å². The fraction of sp³-hybridized carbons (Fsp3) is 0.250. The maximum absolute atomic E-state index is 12.7. The number of nitrogens with one attached hydrogen (secondary N) is 1. The third-order valence-electron chi connectivity index (χ3n) is 3.61. The lowest BCUT2D eigenvalue weighted by atomic mass is 10.1. The molecule has 6 heteroatoms. The molecule has 1 aliphatic heterocycles. The van der Waals surface area contributed by atoms with Crippen LogP contribution in [0.25, 0.3) is 0 Å². The van der Waals surface area contributed by atoms with Crippen molar-refractivity contribution in [3.05, 3.63) is 53.6 Å². The van der Waals surface area contributed by atoms with Crippen molar-refractivity contribution in [3.63, 3.8) is 0 Å². The molecule has 0 saturated heterocycles. The van der Waals surface area contributed by atoms with Crippen molar-refractivity contribution in [1.82, 2.24) is 4.72 Å². The van der Waals surface area contributed by atoms with Crippen LogP contribution in [0.3, 0.4) is 0 Å². The van der Waals surface area contributed by atoms with Gasteiger partial charge in [0.25, 0.3) is 0 Å². The number of hydrogen-bond acceptors (Lipinski definition) is 4. The second-order valence-corrected chi connectivity index (χ2v) is 6.86. The van der Waals surface area contributed by atoms with Gasteiger partial charge in [0.15, 0.2) is 0 Å². The van der Waals surface area contributed by atoms with Crippen molar-refractivity contribution >= 4 is 10.0 Å². The van der Waals surface area contributed by atoms with Gasteiger partial charge < -0.3 is 9.47 Å². The number of hydrogen-bond donors (Lipinski definition) is 1. The number of methoxy groups -OCH3 is 1. The quantitative estimate of drug-likeness (QED) is 0.940. The van der Waals surface area contributed by atoms with Gasteiger partial charge in [-0.15, -0.1) is 0 Å². The van der Waals surface area contributed by atoms with Gasteiger partial charge in [0.05, 0.1) is 13.2 Å². The molecule has 22 heavy (non-hydrogen) atoms. The standard InChI is InChI=1S/C16H17NO4S/c1-11-7-8-15(20-2)16(9-11)22(18,19)17-13-10-21-14-6-4-3-5-12(13)14/h3-9,13,17H,10H2,1-2H3. The maximum Gasteiger partial charge on any atom is 0.244 e. The van der Waals surface area contributed by atoms with Gasteiger partial charge in [-0.25, -0.2) is 8.42 Å². The normalized spacial score (nSPS) is 16.9. The van der Waals surface area contributed by atoms with Crippen LogP contribution in [0.15, 0.2) is 47.4 Å². The van der Waals surface area contributed by atoms with Crippen LogP contribution in [0.1, 0.15) is 17.2 Å². The number of benzene rings is 2. The Labute approximate surface area is 129 Å². The van der Waals surface area contributed by atoms with Gasteiger partial charge in [0.2, 0.25) is 10.0 Å². The summed E-state index contributed by atoms with van der Waals surface area (Å²) in [7, 11) is -2.25. The summed E-state index contributed by atoms with van der Waals surface area (Å²) in [5, 5.41) is 0. The fourth-order valence-corrected chi connectivity index (χ4v) is 3.96. The summed E-state index contributed by atoms with van der Waals surface area (Å²) in [4.78, 5) is 0.138. The zero-order valence-electron chi connectivity index (χ0n) is 12.4. The summed E-state index contributed by atoms with van der Waals surface area (Å²) in [6, 6.07) is 12.1.